The third-order valence-corrected chi connectivity index (χ3v) is 4.69. The first-order valence-corrected chi connectivity index (χ1v) is 8.81. The highest BCUT2D eigenvalue weighted by Crippen LogP contribution is 2.36. The van der Waals surface area contributed by atoms with E-state index < -0.39 is 5.82 Å². The molecule has 0 radical (unpaired) electrons. The van der Waals surface area contributed by atoms with Crippen LogP contribution in [-0.2, 0) is 11.2 Å². The van der Waals surface area contributed by atoms with Crippen molar-refractivity contribution in [1.82, 2.24) is 10.5 Å². The Bertz CT molecular complexity index is 974. The van der Waals surface area contributed by atoms with Crippen molar-refractivity contribution in [3.05, 3.63) is 65.6 Å². The van der Waals surface area contributed by atoms with Gasteiger partial charge in [0.1, 0.15) is 11.9 Å². The average molecular weight is 363 g/mol. The first-order chi connectivity index (χ1) is 13.3. The number of aromatic nitrogens is 1. The van der Waals surface area contributed by atoms with Crippen LogP contribution in [0.2, 0.25) is 0 Å². The van der Waals surface area contributed by atoms with E-state index in [1.165, 1.54) is 12.1 Å². The third kappa shape index (κ3) is 3.61. The minimum atomic E-state index is -0.538. The van der Waals surface area contributed by atoms with Crippen LogP contribution >= 0.6 is 0 Å². The van der Waals surface area contributed by atoms with E-state index >= 15 is 0 Å². The van der Waals surface area contributed by atoms with Crippen LogP contribution in [0.5, 0.6) is 0 Å². The molecule has 5 nitrogen and oxygen atoms in total. The van der Waals surface area contributed by atoms with Crippen LogP contribution in [0.3, 0.4) is 0 Å². The molecule has 1 aromatic heterocycles. The van der Waals surface area contributed by atoms with E-state index in [0.29, 0.717) is 24.4 Å². The SMILES string of the molecule is N#Cc1ccc(-c2cccc(CC3CNCCO3)c2-c2ccno2)cc1F. The molecule has 1 fully saturated rings. The summed E-state index contributed by atoms with van der Waals surface area (Å²) in [5.74, 6) is 0.0814. The number of nitrogens with zero attached hydrogens (tertiary/aromatic N) is 2. The Kier molecular flexibility index (Phi) is 4.97. The van der Waals surface area contributed by atoms with Crippen LogP contribution in [0.4, 0.5) is 4.39 Å². The highest BCUT2D eigenvalue weighted by atomic mass is 19.1. The zero-order chi connectivity index (χ0) is 18.6. The Balaban J connectivity index is 1.80. The van der Waals surface area contributed by atoms with Crippen LogP contribution in [-0.4, -0.2) is 31.0 Å². The number of rotatable bonds is 4. The number of ether oxygens (including phenoxy) is 1. The second-order valence-electron chi connectivity index (χ2n) is 6.42. The average Bonchev–Trinajstić information content (AvgIpc) is 3.23. The van der Waals surface area contributed by atoms with E-state index in [2.05, 4.69) is 10.5 Å². The largest absolute Gasteiger partial charge is 0.375 e. The molecular formula is C21H18FN3O2. The van der Waals surface area contributed by atoms with Crippen LogP contribution in [0.25, 0.3) is 22.5 Å². The molecule has 1 unspecified atom stereocenters. The lowest BCUT2D eigenvalue weighted by Gasteiger charge is -2.25. The van der Waals surface area contributed by atoms with Crippen molar-refractivity contribution in [2.24, 2.45) is 0 Å². The molecule has 6 heteroatoms. The van der Waals surface area contributed by atoms with Crippen LogP contribution in [0.15, 0.2) is 53.2 Å². The zero-order valence-electron chi connectivity index (χ0n) is 14.6. The Hall–Kier alpha value is -3.01. The highest BCUT2D eigenvalue weighted by molar-refractivity contribution is 5.83. The molecule has 1 atom stereocenters. The molecule has 0 spiro atoms. The maximum atomic E-state index is 14.2. The van der Waals surface area contributed by atoms with Gasteiger partial charge in [-0.05, 0) is 28.8 Å². The van der Waals surface area contributed by atoms with E-state index in [-0.39, 0.29) is 11.7 Å². The fraction of sp³-hybridized carbons (Fsp3) is 0.238. The maximum absolute atomic E-state index is 14.2. The van der Waals surface area contributed by atoms with Crippen LogP contribution in [0.1, 0.15) is 11.1 Å². The summed E-state index contributed by atoms with van der Waals surface area (Å²) >= 11 is 0. The molecular weight excluding hydrogens is 345 g/mol. The Morgan fingerprint density at radius 1 is 1.26 bits per heavy atom. The summed E-state index contributed by atoms with van der Waals surface area (Å²) in [6.07, 6.45) is 2.36. The number of nitriles is 1. The second-order valence-corrected chi connectivity index (χ2v) is 6.42. The van der Waals surface area contributed by atoms with Gasteiger partial charge in [-0.1, -0.05) is 29.4 Å². The lowest BCUT2D eigenvalue weighted by Crippen LogP contribution is -2.39. The Morgan fingerprint density at radius 3 is 2.89 bits per heavy atom. The Morgan fingerprint density at radius 2 is 2.19 bits per heavy atom. The van der Waals surface area contributed by atoms with Gasteiger partial charge in [-0.15, -0.1) is 0 Å². The monoisotopic (exact) mass is 363 g/mol. The van der Waals surface area contributed by atoms with E-state index in [1.54, 1.807) is 18.3 Å². The number of morpholine rings is 1. The van der Waals surface area contributed by atoms with E-state index in [4.69, 9.17) is 14.5 Å². The van der Waals surface area contributed by atoms with Crippen molar-refractivity contribution >= 4 is 0 Å². The highest BCUT2D eigenvalue weighted by Gasteiger charge is 2.21. The topological polar surface area (TPSA) is 71.1 Å². The van der Waals surface area contributed by atoms with Crippen LogP contribution in [0, 0.1) is 17.1 Å². The number of hydrogen-bond donors (Lipinski definition) is 1. The van der Waals surface area contributed by atoms with Crippen molar-refractivity contribution in [1.29, 1.82) is 5.26 Å². The molecule has 1 aliphatic heterocycles. The summed E-state index contributed by atoms with van der Waals surface area (Å²) in [7, 11) is 0. The van der Waals surface area contributed by atoms with E-state index in [0.717, 1.165) is 29.8 Å². The first-order valence-electron chi connectivity index (χ1n) is 8.81. The van der Waals surface area contributed by atoms with E-state index in [9.17, 15) is 4.39 Å². The van der Waals surface area contributed by atoms with Crippen LogP contribution < -0.4 is 5.32 Å². The molecule has 3 aromatic rings. The van der Waals surface area contributed by atoms with Gasteiger partial charge in [0, 0.05) is 31.1 Å². The number of halogens is 1. The van der Waals surface area contributed by atoms with Crippen molar-refractivity contribution in [3.8, 4) is 28.5 Å². The Labute approximate surface area is 156 Å². The molecule has 2 heterocycles. The van der Waals surface area contributed by atoms with Crippen molar-refractivity contribution in [2.75, 3.05) is 19.7 Å². The first kappa shape index (κ1) is 17.4. The normalized spacial score (nSPS) is 16.8. The quantitative estimate of drug-likeness (QED) is 0.768. The summed E-state index contributed by atoms with van der Waals surface area (Å²) in [5, 5.41) is 16.1. The van der Waals surface area contributed by atoms with E-state index in [1.807, 2.05) is 24.3 Å². The zero-order valence-corrected chi connectivity index (χ0v) is 14.6. The summed E-state index contributed by atoms with van der Waals surface area (Å²) in [6, 6.07) is 14.2. The van der Waals surface area contributed by atoms with Gasteiger partial charge in [0.25, 0.3) is 0 Å². The van der Waals surface area contributed by atoms with Crippen molar-refractivity contribution in [3.63, 3.8) is 0 Å². The van der Waals surface area contributed by atoms with Gasteiger partial charge in [-0.2, -0.15) is 5.26 Å². The molecule has 27 heavy (non-hydrogen) atoms. The predicted octanol–water partition coefficient (Wildman–Crippen LogP) is 3.55. The molecule has 0 aliphatic carbocycles. The van der Waals surface area contributed by atoms with Crippen molar-refractivity contribution < 1.29 is 13.7 Å². The van der Waals surface area contributed by atoms with Gasteiger partial charge in [-0.25, -0.2) is 4.39 Å². The second kappa shape index (κ2) is 7.70. The number of hydrogen-bond acceptors (Lipinski definition) is 5. The van der Waals surface area contributed by atoms with Gasteiger partial charge in [0.05, 0.1) is 24.5 Å². The predicted molar refractivity (Wildman–Crippen MR) is 98.4 cm³/mol. The summed E-state index contributed by atoms with van der Waals surface area (Å²) in [4.78, 5) is 0. The molecule has 0 saturated carbocycles. The summed E-state index contributed by atoms with van der Waals surface area (Å²) in [5.41, 5.74) is 3.45. The number of benzene rings is 2. The molecule has 1 N–H and O–H groups in total. The molecule has 0 bridgehead atoms. The van der Waals surface area contributed by atoms with Gasteiger partial charge >= 0.3 is 0 Å². The smallest absolute Gasteiger partial charge is 0.167 e. The summed E-state index contributed by atoms with van der Waals surface area (Å²) in [6.45, 7) is 2.32. The molecule has 2 aromatic carbocycles. The summed E-state index contributed by atoms with van der Waals surface area (Å²) < 4.78 is 25.5. The van der Waals surface area contributed by atoms with Gasteiger partial charge < -0.3 is 14.6 Å². The molecule has 0 amide bonds. The molecule has 4 rings (SSSR count). The lowest BCUT2D eigenvalue weighted by molar-refractivity contribution is 0.0293. The minimum Gasteiger partial charge on any atom is -0.375 e. The standard InChI is InChI=1S/C21H18FN3O2/c22-19-11-14(4-5-16(19)12-23)18-3-1-2-15(10-17-13-24-8-9-26-17)21(18)20-6-7-25-27-20/h1-7,11,17,24H,8-10,13H2. The molecule has 1 saturated heterocycles. The minimum absolute atomic E-state index is 0.0257. The maximum Gasteiger partial charge on any atom is 0.167 e. The van der Waals surface area contributed by atoms with Gasteiger partial charge in [0.2, 0.25) is 0 Å². The fourth-order valence-corrected chi connectivity index (χ4v) is 3.42. The van der Waals surface area contributed by atoms with Gasteiger partial charge in [-0.3, -0.25) is 0 Å². The third-order valence-electron chi connectivity index (χ3n) is 4.69. The lowest BCUT2D eigenvalue weighted by atomic mass is 9.90. The molecule has 1 aliphatic rings. The molecule has 136 valence electrons. The number of nitrogens with one attached hydrogen (secondary N) is 1. The fourth-order valence-electron chi connectivity index (χ4n) is 3.42. The van der Waals surface area contributed by atoms with Gasteiger partial charge in [0.15, 0.2) is 5.76 Å². The van der Waals surface area contributed by atoms with Crippen molar-refractivity contribution in [2.45, 2.75) is 12.5 Å².